The fourth-order valence-corrected chi connectivity index (χ4v) is 1.33. The van der Waals surface area contributed by atoms with Gasteiger partial charge in [0.2, 0.25) is 0 Å². The van der Waals surface area contributed by atoms with Crippen molar-refractivity contribution in [2.75, 3.05) is 5.32 Å². The lowest BCUT2D eigenvalue weighted by Gasteiger charge is -1.97. The molecule has 0 spiro atoms. The number of aromatic amines is 1. The molecule has 0 atom stereocenters. The summed E-state index contributed by atoms with van der Waals surface area (Å²) in [7, 11) is 1.76. The number of nitrogens with one attached hydrogen (secondary N) is 2. The number of hydrogen-bond acceptors (Lipinski definition) is 3. The van der Waals surface area contributed by atoms with Crippen LogP contribution in [0.5, 0.6) is 0 Å². The summed E-state index contributed by atoms with van der Waals surface area (Å²) in [5, 5.41) is 13.4. The summed E-state index contributed by atoms with van der Waals surface area (Å²) in [4.78, 5) is 11.7. The summed E-state index contributed by atoms with van der Waals surface area (Å²) in [5.41, 5.74) is 1.50. The Morgan fingerprint density at radius 3 is 3.00 bits per heavy atom. The van der Waals surface area contributed by atoms with Crippen LogP contribution in [0.4, 0.5) is 5.82 Å². The fourth-order valence-electron chi connectivity index (χ4n) is 1.33. The van der Waals surface area contributed by atoms with Gasteiger partial charge in [0, 0.05) is 25.0 Å². The second-order valence-corrected chi connectivity index (χ2v) is 3.49. The zero-order chi connectivity index (χ0) is 11.5. The molecule has 0 aliphatic rings. The first kappa shape index (κ1) is 10.4. The van der Waals surface area contributed by atoms with Crippen LogP contribution in [0, 0.1) is 0 Å². The minimum atomic E-state index is -0.206. The van der Waals surface area contributed by atoms with E-state index in [0.717, 1.165) is 12.1 Å². The number of aryl methyl sites for hydroxylation is 2. The van der Waals surface area contributed by atoms with Crippen molar-refractivity contribution < 1.29 is 4.79 Å². The lowest BCUT2D eigenvalue weighted by atomic mass is 10.3. The number of anilines is 1. The van der Waals surface area contributed by atoms with Crippen LogP contribution in [0.25, 0.3) is 0 Å². The summed E-state index contributed by atoms with van der Waals surface area (Å²) < 4.78 is 1.58. The normalized spacial score (nSPS) is 10.4. The molecule has 6 nitrogen and oxygen atoms in total. The molecule has 0 aliphatic carbocycles. The van der Waals surface area contributed by atoms with E-state index in [4.69, 9.17) is 0 Å². The largest absolute Gasteiger partial charge is 0.305 e. The zero-order valence-electron chi connectivity index (χ0n) is 9.19. The lowest BCUT2D eigenvalue weighted by Crippen LogP contribution is -2.11. The number of nitrogens with zero attached hydrogens (tertiary/aromatic N) is 3. The molecule has 2 aromatic heterocycles. The van der Waals surface area contributed by atoms with Crippen LogP contribution < -0.4 is 5.32 Å². The average molecular weight is 219 g/mol. The Labute approximate surface area is 92.7 Å². The Morgan fingerprint density at radius 1 is 1.62 bits per heavy atom. The molecule has 16 heavy (non-hydrogen) atoms. The third-order valence-corrected chi connectivity index (χ3v) is 2.22. The van der Waals surface area contributed by atoms with E-state index in [0.29, 0.717) is 11.4 Å². The molecule has 0 bridgehead atoms. The van der Waals surface area contributed by atoms with Crippen LogP contribution in [-0.2, 0) is 13.5 Å². The highest BCUT2D eigenvalue weighted by molar-refractivity contribution is 6.03. The molecule has 0 aromatic carbocycles. The van der Waals surface area contributed by atoms with Crippen molar-refractivity contribution >= 4 is 11.7 Å². The van der Waals surface area contributed by atoms with Crippen molar-refractivity contribution in [3.05, 3.63) is 29.7 Å². The van der Waals surface area contributed by atoms with Gasteiger partial charge in [-0.2, -0.15) is 10.2 Å². The number of H-pyrrole nitrogens is 1. The quantitative estimate of drug-likeness (QED) is 0.807. The molecule has 2 aromatic rings. The van der Waals surface area contributed by atoms with E-state index in [-0.39, 0.29) is 5.91 Å². The predicted molar refractivity (Wildman–Crippen MR) is 59.1 cm³/mol. The van der Waals surface area contributed by atoms with E-state index in [1.54, 1.807) is 17.9 Å². The molecule has 0 saturated heterocycles. The summed E-state index contributed by atoms with van der Waals surface area (Å²) in [6.07, 6.45) is 4.03. The number of amides is 1. The van der Waals surface area contributed by atoms with E-state index in [9.17, 15) is 4.79 Å². The standard InChI is InChI=1S/C10H13N5O/c1-3-8-4-9(14-13-8)12-10(16)7-5-11-15(2)6-7/h4-6H,3H2,1-2H3,(H2,12,13,14,16). The van der Waals surface area contributed by atoms with Crippen LogP contribution in [0.15, 0.2) is 18.5 Å². The Balaban J connectivity index is 2.07. The molecule has 2 N–H and O–H groups in total. The smallest absolute Gasteiger partial charge is 0.260 e. The first-order valence-electron chi connectivity index (χ1n) is 5.03. The highest BCUT2D eigenvalue weighted by Crippen LogP contribution is 2.07. The highest BCUT2D eigenvalue weighted by atomic mass is 16.1. The molecule has 0 saturated carbocycles. The molecule has 6 heteroatoms. The van der Waals surface area contributed by atoms with Crippen molar-refractivity contribution in [2.45, 2.75) is 13.3 Å². The molecule has 0 radical (unpaired) electrons. The van der Waals surface area contributed by atoms with Gasteiger partial charge in [-0.1, -0.05) is 6.92 Å². The van der Waals surface area contributed by atoms with Crippen LogP contribution in [0.1, 0.15) is 23.0 Å². The first-order valence-corrected chi connectivity index (χ1v) is 5.03. The molecule has 84 valence electrons. The van der Waals surface area contributed by atoms with Crippen LogP contribution in [-0.4, -0.2) is 25.9 Å². The number of carbonyl (C=O) groups excluding carboxylic acids is 1. The monoisotopic (exact) mass is 219 g/mol. The van der Waals surface area contributed by atoms with Crippen molar-refractivity contribution in [2.24, 2.45) is 7.05 Å². The summed E-state index contributed by atoms with van der Waals surface area (Å²) in [5.74, 6) is 0.327. The first-order chi connectivity index (χ1) is 7.69. The maximum Gasteiger partial charge on any atom is 0.260 e. The number of carbonyl (C=O) groups is 1. The number of aromatic nitrogens is 4. The third-order valence-electron chi connectivity index (χ3n) is 2.22. The van der Waals surface area contributed by atoms with Gasteiger partial charge in [-0.3, -0.25) is 14.6 Å². The van der Waals surface area contributed by atoms with Gasteiger partial charge in [-0.25, -0.2) is 0 Å². The molecule has 1 amide bonds. The fraction of sp³-hybridized carbons (Fsp3) is 0.300. The van der Waals surface area contributed by atoms with Gasteiger partial charge in [0.05, 0.1) is 11.8 Å². The van der Waals surface area contributed by atoms with Crippen LogP contribution >= 0.6 is 0 Å². The van der Waals surface area contributed by atoms with Crippen molar-refractivity contribution in [1.82, 2.24) is 20.0 Å². The average Bonchev–Trinajstić information content (AvgIpc) is 2.87. The SMILES string of the molecule is CCc1cc(NC(=O)c2cnn(C)c2)n[nH]1. The molecular weight excluding hydrogens is 206 g/mol. The van der Waals surface area contributed by atoms with Gasteiger partial charge >= 0.3 is 0 Å². The number of hydrogen-bond donors (Lipinski definition) is 2. The van der Waals surface area contributed by atoms with Gasteiger partial charge < -0.3 is 5.32 Å². The third kappa shape index (κ3) is 2.10. The summed E-state index contributed by atoms with van der Waals surface area (Å²) in [6, 6.07) is 1.81. The molecule has 0 aliphatic heterocycles. The van der Waals surface area contributed by atoms with Gasteiger partial charge in [-0.15, -0.1) is 0 Å². The topological polar surface area (TPSA) is 75.6 Å². The Morgan fingerprint density at radius 2 is 2.44 bits per heavy atom. The summed E-state index contributed by atoms with van der Waals surface area (Å²) >= 11 is 0. The second kappa shape index (κ2) is 4.18. The molecule has 0 unspecified atom stereocenters. The van der Waals surface area contributed by atoms with Crippen molar-refractivity contribution in [3.63, 3.8) is 0 Å². The second-order valence-electron chi connectivity index (χ2n) is 3.49. The van der Waals surface area contributed by atoms with Crippen molar-refractivity contribution in [1.29, 1.82) is 0 Å². The molecule has 2 rings (SSSR count). The van der Waals surface area contributed by atoms with Gasteiger partial charge in [0.1, 0.15) is 0 Å². The van der Waals surface area contributed by atoms with Gasteiger partial charge in [-0.05, 0) is 6.42 Å². The molecule has 0 fully saturated rings. The highest BCUT2D eigenvalue weighted by Gasteiger charge is 2.09. The molecule has 2 heterocycles. The number of rotatable bonds is 3. The van der Waals surface area contributed by atoms with E-state index in [2.05, 4.69) is 20.6 Å². The van der Waals surface area contributed by atoms with Gasteiger partial charge in [0.25, 0.3) is 5.91 Å². The Hall–Kier alpha value is -2.11. The van der Waals surface area contributed by atoms with Crippen molar-refractivity contribution in [3.8, 4) is 0 Å². The Kier molecular flexibility index (Phi) is 2.72. The minimum absolute atomic E-state index is 0.206. The van der Waals surface area contributed by atoms with Crippen LogP contribution in [0.3, 0.4) is 0 Å². The van der Waals surface area contributed by atoms with E-state index in [1.165, 1.54) is 6.20 Å². The van der Waals surface area contributed by atoms with Crippen LogP contribution in [0.2, 0.25) is 0 Å². The zero-order valence-corrected chi connectivity index (χ0v) is 9.19. The minimum Gasteiger partial charge on any atom is -0.305 e. The van der Waals surface area contributed by atoms with E-state index >= 15 is 0 Å². The molecular formula is C10H13N5O. The van der Waals surface area contributed by atoms with Gasteiger partial charge in [0.15, 0.2) is 5.82 Å². The lowest BCUT2D eigenvalue weighted by molar-refractivity contribution is 0.102. The maximum absolute atomic E-state index is 11.7. The van der Waals surface area contributed by atoms with E-state index in [1.807, 2.05) is 13.0 Å². The summed E-state index contributed by atoms with van der Waals surface area (Å²) in [6.45, 7) is 2.01. The predicted octanol–water partition coefficient (Wildman–Crippen LogP) is 0.958. The maximum atomic E-state index is 11.7. The van der Waals surface area contributed by atoms with E-state index < -0.39 is 0 Å². The Bertz CT molecular complexity index is 499.